The Labute approximate surface area is 153 Å². The molecule has 1 aromatic heterocycles. The number of nitro benzene ring substituents is 1. The summed E-state index contributed by atoms with van der Waals surface area (Å²) in [5, 5.41) is 14.2. The van der Waals surface area contributed by atoms with Gasteiger partial charge >= 0.3 is 0 Å². The van der Waals surface area contributed by atoms with Gasteiger partial charge in [-0.1, -0.05) is 18.2 Å². The normalized spacial score (nSPS) is 10.4. The zero-order chi connectivity index (χ0) is 18.7. The van der Waals surface area contributed by atoms with Gasteiger partial charge in [0.05, 0.1) is 16.2 Å². The molecule has 26 heavy (non-hydrogen) atoms. The van der Waals surface area contributed by atoms with Crippen LogP contribution in [0.15, 0.2) is 48.5 Å². The molecule has 0 unspecified atom stereocenters. The van der Waals surface area contributed by atoms with Crippen molar-refractivity contribution in [3.63, 3.8) is 0 Å². The maximum absolute atomic E-state index is 12.7. The van der Waals surface area contributed by atoms with E-state index >= 15 is 0 Å². The zero-order valence-corrected chi connectivity index (χ0v) is 14.9. The van der Waals surface area contributed by atoms with E-state index in [-0.39, 0.29) is 17.0 Å². The lowest BCUT2D eigenvalue weighted by Gasteiger charge is -2.10. The highest BCUT2D eigenvalue weighted by Crippen LogP contribution is 2.30. The first-order valence-electron chi connectivity index (χ1n) is 7.71. The quantitative estimate of drug-likeness (QED) is 0.519. The zero-order valence-electron chi connectivity index (χ0n) is 14.1. The Bertz CT molecular complexity index is 950. The van der Waals surface area contributed by atoms with Crippen LogP contribution < -0.4 is 10.1 Å². The Balaban J connectivity index is 1.94. The average molecular weight is 369 g/mol. The highest BCUT2D eigenvalue weighted by molar-refractivity contribution is 7.15. The minimum absolute atomic E-state index is 0.0635. The van der Waals surface area contributed by atoms with Crippen LogP contribution in [0.1, 0.15) is 20.9 Å². The molecule has 1 heterocycles. The van der Waals surface area contributed by atoms with Gasteiger partial charge in [-0.3, -0.25) is 20.2 Å². The van der Waals surface area contributed by atoms with Gasteiger partial charge in [0, 0.05) is 17.0 Å². The highest BCUT2D eigenvalue weighted by Gasteiger charge is 2.20. The Hall–Kier alpha value is -3.26. The molecule has 1 amide bonds. The molecule has 0 bridgehead atoms. The lowest BCUT2D eigenvalue weighted by atomic mass is 10.1. The van der Waals surface area contributed by atoms with Crippen molar-refractivity contribution >= 4 is 28.1 Å². The van der Waals surface area contributed by atoms with Crippen LogP contribution in [-0.2, 0) is 0 Å². The summed E-state index contributed by atoms with van der Waals surface area (Å²) in [5.74, 6) is 0.231. The van der Waals surface area contributed by atoms with E-state index in [2.05, 4.69) is 10.3 Å². The Morgan fingerprint density at radius 3 is 2.54 bits per heavy atom. The number of nitro groups is 1. The second-order valence-corrected chi connectivity index (χ2v) is 6.67. The monoisotopic (exact) mass is 369 g/mol. The molecule has 0 aliphatic heterocycles. The number of rotatable bonds is 5. The number of nitrogens with zero attached hydrogens (tertiary/aromatic N) is 2. The minimum atomic E-state index is -0.555. The Morgan fingerprint density at radius 1 is 1.19 bits per heavy atom. The summed E-state index contributed by atoms with van der Waals surface area (Å²) in [6, 6.07) is 12.8. The molecule has 2 aromatic carbocycles. The van der Waals surface area contributed by atoms with Gasteiger partial charge in [0.1, 0.15) is 11.5 Å². The van der Waals surface area contributed by atoms with Crippen molar-refractivity contribution in [1.29, 1.82) is 0 Å². The van der Waals surface area contributed by atoms with Crippen molar-refractivity contribution in [2.45, 2.75) is 13.8 Å². The van der Waals surface area contributed by atoms with Crippen LogP contribution in [0, 0.1) is 24.0 Å². The van der Waals surface area contributed by atoms with E-state index in [1.165, 1.54) is 29.5 Å². The number of hydrogen-bond donors (Lipinski definition) is 1. The van der Waals surface area contributed by atoms with Crippen LogP contribution in [0.25, 0.3) is 0 Å². The summed E-state index contributed by atoms with van der Waals surface area (Å²) < 4.78 is 5.73. The van der Waals surface area contributed by atoms with Crippen molar-refractivity contribution in [1.82, 2.24) is 4.98 Å². The number of amides is 1. The summed E-state index contributed by atoms with van der Waals surface area (Å²) in [7, 11) is 0. The number of nitrogens with one attached hydrogen (secondary N) is 1. The Morgan fingerprint density at radius 2 is 1.92 bits per heavy atom. The predicted molar refractivity (Wildman–Crippen MR) is 99.2 cm³/mol. The molecule has 0 aliphatic carbocycles. The van der Waals surface area contributed by atoms with Gasteiger partial charge in [-0.15, -0.1) is 11.3 Å². The molecule has 3 rings (SSSR count). The van der Waals surface area contributed by atoms with Gasteiger partial charge in [-0.2, -0.15) is 0 Å². The van der Waals surface area contributed by atoms with E-state index in [4.69, 9.17) is 4.74 Å². The van der Waals surface area contributed by atoms with Crippen molar-refractivity contribution < 1.29 is 14.5 Å². The summed E-state index contributed by atoms with van der Waals surface area (Å²) in [4.78, 5) is 28.4. The maximum atomic E-state index is 12.7. The molecular formula is C18H15N3O4S. The molecule has 1 N–H and O–H groups in total. The molecular weight excluding hydrogens is 354 g/mol. The number of carbonyl (C=O) groups is 1. The summed E-state index contributed by atoms with van der Waals surface area (Å²) in [5.41, 5.74) is 0.695. The van der Waals surface area contributed by atoms with Gasteiger partial charge in [0.15, 0.2) is 5.13 Å². The second-order valence-electron chi connectivity index (χ2n) is 5.47. The van der Waals surface area contributed by atoms with Crippen LogP contribution in [0.5, 0.6) is 11.5 Å². The van der Waals surface area contributed by atoms with E-state index in [9.17, 15) is 14.9 Å². The summed E-state index contributed by atoms with van der Waals surface area (Å²) in [6.45, 7) is 3.75. The molecule has 0 spiro atoms. The SMILES string of the molecule is Cc1nc(NC(=O)c2cc([N+](=O)[O-])ccc2Oc2ccccc2)sc1C. The number of hydrogen-bond acceptors (Lipinski definition) is 6. The lowest BCUT2D eigenvalue weighted by Crippen LogP contribution is -2.13. The number of aromatic nitrogens is 1. The van der Waals surface area contributed by atoms with Crippen LogP contribution in [0.2, 0.25) is 0 Å². The fourth-order valence-corrected chi connectivity index (χ4v) is 3.01. The third-order valence-corrected chi connectivity index (χ3v) is 4.63. The number of anilines is 1. The summed E-state index contributed by atoms with van der Waals surface area (Å²) >= 11 is 1.34. The van der Waals surface area contributed by atoms with E-state index in [0.717, 1.165) is 10.6 Å². The first kappa shape index (κ1) is 17.6. The van der Waals surface area contributed by atoms with Crippen molar-refractivity contribution in [3.8, 4) is 11.5 Å². The number of aryl methyl sites for hydroxylation is 2. The van der Waals surface area contributed by atoms with Gasteiger partial charge in [-0.25, -0.2) is 4.98 Å². The fraction of sp³-hybridized carbons (Fsp3) is 0.111. The molecule has 0 fully saturated rings. The number of thiazole rings is 1. The Kier molecular flexibility index (Phi) is 4.94. The molecule has 8 heteroatoms. The molecule has 3 aromatic rings. The van der Waals surface area contributed by atoms with Gasteiger partial charge in [0.25, 0.3) is 11.6 Å². The van der Waals surface area contributed by atoms with Crippen molar-refractivity contribution in [3.05, 3.63) is 74.8 Å². The summed E-state index contributed by atoms with van der Waals surface area (Å²) in [6.07, 6.45) is 0. The fourth-order valence-electron chi connectivity index (χ4n) is 2.20. The molecule has 0 aliphatic rings. The first-order chi connectivity index (χ1) is 12.4. The molecule has 132 valence electrons. The molecule has 0 saturated heterocycles. The third kappa shape index (κ3) is 3.86. The van der Waals surface area contributed by atoms with E-state index in [1.807, 2.05) is 19.9 Å². The highest BCUT2D eigenvalue weighted by atomic mass is 32.1. The molecule has 0 saturated carbocycles. The molecule has 7 nitrogen and oxygen atoms in total. The lowest BCUT2D eigenvalue weighted by molar-refractivity contribution is -0.384. The topological polar surface area (TPSA) is 94.4 Å². The van der Waals surface area contributed by atoms with Crippen LogP contribution in [0.3, 0.4) is 0 Å². The number of para-hydroxylation sites is 1. The van der Waals surface area contributed by atoms with Crippen LogP contribution in [0.4, 0.5) is 10.8 Å². The number of carbonyl (C=O) groups excluding carboxylic acids is 1. The van der Waals surface area contributed by atoms with E-state index < -0.39 is 10.8 Å². The first-order valence-corrected chi connectivity index (χ1v) is 8.52. The van der Waals surface area contributed by atoms with Crippen LogP contribution >= 0.6 is 11.3 Å². The minimum Gasteiger partial charge on any atom is -0.457 e. The largest absolute Gasteiger partial charge is 0.457 e. The van der Waals surface area contributed by atoms with Crippen molar-refractivity contribution in [2.24, 2.45) is 0 Å². The van der Waals surface area contributed by atoms with E-state index in [0.29, 0.717) is 10.9 Å². The van der Waals surface area contributed by atoms with Gasteiger partial charge < -0.3 is 4.74 Å². The van der Waals surface area contributed by atoms with Gasteiger partial charge in [0.2, 0.25) is 0 Å². The number of non-ortho nitro benzene ring substituents is 1. The molecule has 0 atom stereocenters. The number of ether oxygens (including phenoxy) is 1. The van der Waals surface area contributed by atoms with Crippen LogP contribution in [-0.4, -0.2) is 15.8 Å². The maximum Gasteiger partial charge on any atom is 0.270 e. The molecule has 0 radical (unpaired) electrons. The van der Waals surface area contributed by atoms with Gasteiger partial charge in [-0.05, 0) is 32.0 Å². The smallest absolute Gasteiger partial charge is 0.270 e. The second kappa shape index (κ2) is 7.32. The average Bonchev–Trinajstić information content (AvgIpc) is 2.93. The predicted octanol–water partition coefficient (Wildman–Crippen LogP) is 4.71. The number of benzene rings is 2. The van der Waals surface area contributed by atoms with E-state index in [1.54, 1.807) is 24.3 Å². The van der Waals surface area contributed by atoms with Crippen molar-refractivity contribution in [2.75, 3.05) is 5.32 Å². The standard InChI is InChI=1S/C18H15N3O4S/c1-11-12(2)26-18(19-11)20-17(22)15-10-13(21(23)24)8-9-16(15)25-14-6-4-3-5-7-14/h3-10H,1-2H3,(H,19,20,22). The third-order valence-electron chi connectivity index (χ3n) is 3.64.